The van der Waals surface area contributed by atoms with Gasteiger partial charge in [-0.1, -0.05) is 24.3 Å². The van der Waals surface area contributed by atoms with Crippen molar-refractivity contribution in [1.82, 2.24) is 0 Å². The van der Waals surface area contributed by atoms with Crippen LogP contribution in [0, 0.1) is 0 Å². The quantitative estimate of drug-likeness (QED) is 0.744. The Morgan fingerprint density at radius 1 is 1.11 bits per heavy atom. The highest BCUT2D eigenvalue weighted by atomic mass is 16.3. The van der Waals surface area contributed by atoms with Crippen LogP contribution in [0.1, 0.15) is 34.1 Å². The number of ketones is 2. The third-order valence-corrected chi connectivity index (χ3v) is 3.43. The summed E-state index contributed by atoms with van der Waals surface area (Å²) in [7, 11) is 0. The number of rotatable bonds is 0. The molecule has 0 fully saturated rings. The lowest BCUT2D eigenvalue weighted by atomic mass is 9.75. The first-order valence-electron chi connectivity index (χ1n) is 5.97. The number of carbonyl (C=O) groups excluding carboxylic acids is 2. The Hall–Kier alpha value is -2.20. The van der Waals surface area contributed by atoms with Crippen LogP contribution in [-0.4, -0.2) is 27.4 Å². The molecule has 0 saturated heterocycles. The summed E-state index contributed by atoms with van der Waals surface area (Å²) in [6, 6.07) is 6.50. The van der Waals surface area contributed by atoms with Crippen molar-refractivity contribution in [2.75, 3.05) is 0 Å². The third-order valence-electron chi connectivity index (χ3n) is 3.43. The van der Waals surface area contributed by atoms with Gasteiger partial charge in [0.05, 0.1) is 11.2 Å². The van der Waals surface area contributed by atoms with E-state index in [-0.39, 0.29) is 34.9 Å². The summed E-state index contributed by atoms with van der Waals surface area (Å²) in [6.07, 6.45) is 1.30. The number of carbonyl (C=O) groups is 2. The minimum absolute atomic E-state index is 0.0234. The summed E-state index contributed by atoms with van der Waals surface area (Å²) in [4.78, 5) is 24.7. The van der Waals surface area contributed by atoms with Crippen molar-refractivity contribution in [2.45, 2.75) is 18.9 Å². The lowest BCUT2D eigenvalue weighted by molar-refractivity contribution is 0.0853. The summed E-state index contributed by atoms with van der Waals surface area (Å²) in [5.41, 5.74) is -0.584. The molecule has 0 aliphatic heterocycles. The number of hydrogen-bond donors (Lipinski definition) is 2. The molecule has 2 aliphatic rings. The fourth-order valence-electron chi connectivity index (χ4n) is 2.61. The Balaban J connectivity index is 2.30. The van der Waals surface area contributed by atoms with Crippen molar-refractivity contribution in [3.05, 3.63) is 58.4 Å². The zero-order valence-electron chi connectivity index (χ0n) is 10.3. The van der Waals surface area contributed by atoms with Gasteiger partial charge in [-0.05, 0) is 13.0 Å². The third kappa shape index (κ3) is 1.64. The fourth-order valence-corrected chi connectivity index (χ4v) is 2.61. The lowest BCUT2D eigenvalue weighted by Gasteiger charge is -2.30. The second-order valence-electron chi connectivity index (χ2n) is 5.12. The number of Topliss-reactive ketones (excluding diaryl/α,β-unsaturated/α-hetero) is 2. The van der Waals surface area contributed by atoms with Crippen molar-refractivity contribution >= 4 is 11.6 Å². The minimum Gasteiger partial charge on any atom is -0.511 e. The lowest BCUT2D eigenvalue weighted by Crippen LogP contribution is -2.33. The summed E-state index contributed by atoms with van der Waals surface area (Å²) < 4.78 is 0. The Morgan fingerprint density at radius 3 is 2.32 bits per heavy atom. The van der Waals surface area contributed by atoms with Crippen molar-refractivity contribution in [3.63, 3.8) is 0 Å². The molecule has 19 heavy (non-hydrogen) atoms. The van der Waals surface area contributed by atoms with Crippen LogP contribution in [0.2, 0.25) is 0 Å². The van der Waals surface area contributed by atoms with Gasteiger partial charge in [-0.25, -0.2) is 0 Å². The van der Waals surface area contributed by atoms with Crippen LogP contribution in [0.15, 0.2) is 47.2 Å². The summed E-state index contributed by atoms with van der Waals surface area (Å²) in [5, 5.41) is 20.0. The molecule has 1 aromatic carbocycles. The summed E-state index contributed by atoms with van der Waals surface area (Å²) in [6.45, 7) is 1.49. The van der Waals surface area contributed by atoms with Crippen molar-refractivity contribution in [3.8, 4) is 0 Å². The van der Waals surface area contributed by atoms with Crippen molar-refractivity contribution in [2.24, 2.45) is 0 Å². The molecule has 1 atom stereocenters. The van der Waals surface area contributed by atoms with E-state index in [1.165, 1.54) is 13.0 Å². The zero-order valence-corrected chi connectivity index (χ0v) is 10.3. The number of allylic oxidation sites excluding steroid dienone is 2. The van der Waals surface area contributed by atoms with E-state index in [0.29, 0.717) is 11.1 Å². The number of fused-ring (bicyclic) bond motifs is 2. The first-order chi connectivity index (χ1) is 8.91. The number of aliphatic hydroxyl groups excluding tert-OH is 1. The highest BCUT2D eigenvalue weighted by Crippen LogP contribution is 2.37. The van der Waals surface area contributed by atoms with Crippen LogP contribution in [-0.2, 0) is 0 Å². The molecule has 1 unspecified atom stereocenters. The normalized spacial score (nSPS) is 25.9. The van der Waals surface area contributed by atoms with E-state index in [4.69, 9.17) is 0 Å². The summed E-state index contributed by atoms with van der Waals surface area (Å²) >= 11 is 0. The molecule has 2 aliphatic carbocycles. The standard InChI is InChI=1S/C15H12O4/c1-15(19)6-10-12(11(16)7-15)14(18)9-5-3-2-4-8(9)13(10)17/h2-6,16,19H,7H2,1H3. The largest absolute Gasteiger partial charge is 0.511 e. The molecule has 0 spiro atoms. The van der Waals surface area contributed by atoms with Gasteiger partial charge in [0.25, 0.3) is 0 Å². The molecule has 0 bridgehead atoms. The van der Waals surface area contributed by atoms with Gasteiger partial charge in [-0.2, -0.15) is 0 Å². The molecule has 4 nitrogen and oxygen atoms in total. The molecule has 4 heteroatoms. The number of benzene rings is 1. The Kier molecular flexibility index (Phi) is 2.28. The number of aliphatic hydroxyl groups is 2. The highest BCUT2D eigenvalue weighted by molar-refractivity contribution is 6.31. The van der Waals surface area contributed by atoms with Gasteiger partial charge in [-0.3, -0.25) is 9.59 Å². The molecule has 0 heterocycles. The molecule has 0 aromatic heterocycles. The smallest absolute Gasteiger partial charge is 0.197 e. The molecular formula is C15H12O4. The molecule has 96 valence electrons. The van der Waals surface area contributed by atoms with Crippen LogP contribution in [0.5, 0.6) is 0 Å². The molecule has 2 N–H and O–H groups in total. The average Bonchev–Trinajstić information content (AvgIpc) is 2.34. The zero-order chi connectivity index (χ0) is 13.8. The van der Waals surface area contributed by atoms with Gasteiger partial charge in [0, 0.05) is 23.1 Å². The van der Waals surface area contributed by atoms with E-state index in [0.717, 1.165) is 0 Å². The van der Waals surface area contributed by atoms with Crippen LogP contribution in [0.3, 0.4) is 0 Å². The highest BCUT2D eigenvalue weighted by Gasteiger charge is 2.40. The van der Waals surface area contributed by atoms with Gasteiger partial charge in [-0.15, -0.1) is 0 Å². The molecule has 3 rings (SSSR count). The SMILES string of the molecule is CC1(O)C=C2C(=O)c3ccccc3C(=O)C2=C(O)C1. The summed E-state index contributed by atoms with van der Waals surface area (Å²) in [5.74, 6) is -0.929. The average molecular weight is 256 g/mol. The van der Waals surface area contributed by atoms with E-state index in [1.54, 1.807) is 24.3 Å². The first-order valence-corrected chi connectivity index (χ1v) is 5.97. The Morgan fingerprint density at radius 2 is 1.68 bits per heavy atom. The molecule has 0 radical (unpaired) electrons. The fraction of sp³-hybridized carbons (Fsp3) is 0.200. The van der Waals surface area contributed by atoms with Crippen LogP contribution in [0.25, 0.3) is 0 Å². The predicted octanol–water partition coefficient (Wildman–Crippen LogP) is 1.96. The monoisotopic (exact) mass is 256 g/mol. The van der Waals surface area contributed by atoms with Gasteiger partial charge in [0.1, 0.15) is 5.76 Å². The molecule has 0 amide bonds. The molecule has 1 aromatic rings. The second kappa shape index (κ2) is 3.65. The van der Waals surface area contributed by atoms with E-state index in [2.05, 4.69) is 0 Å². The molecular weight excluding hydrogens is 244 g/mol. The maximum Gasteiger partial charge on any atom is 0.197 e. The van der Waals surface area contributed by atoms with Crippen molar-refractivity contribution < 1.29 is 19.8 Å². The van der Waals surface area contributed by atoms with Crippen molar-refractivity contribution in [1.29, 1.82) is 0 Å². The Bertz CT molecular complexity index is 677. The predicted molar refractivity (Wildman–Crippen MR) is 68.1 cm³/mol. The van der Waals surface area contributed by atoms with E-state index < -0.39 is 5.60 Å². The van der Waals surface area contributed by atoms with E-state index in [9.17, 15) is 19.8 Å². The first kappa shape index (κ1) is 11.9. The van der Waals surface area contributed by atoms with Crippen LogP contribution >= 0.6 is 0 Å². The molecule has 0 saturated carbocycles. The maximum absolute atomic E-state index is 12.4. The van der Waals surface area contributed by atoms with Gasteiger partial charge in [0.2, 0.25) is 0 Å². The van der Waals surface area contributed by atoms with E-state index >= 15 is 0 Å². The van der Waals surface area contributed by atoms with Gasteiger partial charge >= 0.3 is 0 Å². The van der Waals surface area contributed by atoms with Gasteiger partial charge in [0.15, 0.2) is 11.6 Å². The van der Waals surface area contributed by atoms with Gasteiger partial charge < -0.3 is 10.2 Å². The topological polar surface area (TPSA) is 74.6 Å². The Labute approximate surface area is 109 Å². The second-order valence-corrected chi connectivity index (χ2v) is 5.12. The number of hydrogen-bond acceptors (Lipinski definition) is 4. The van der Waals surface area contributed by atoms with Crippen LogP contribution < -0.4 is 0 Å². The van der Waals surface area contributed by atoms with E-state index in [1.807, 2.05) is 0 Å². The maximum atomic E-state index is 12.4. The van der Waals surface area contributed by atoms with Crippen LogP contribution in [0.4, 0.5) is 0 Å². The minimum atomic E-state index is -1.31.